The molecule has 1 radical (unpaired) electrons. The summed E-state index contributed by atoms with van der Waals surface area (Å²) in [5.41, 5.74) is 0. The minimum Gasteiger partial charge on any atom is -0.363 e. The standard InChI is InChI=1S/C12H22NS/c1-4-13(11-7-5-6-8-11)12(14)9-10(2)3/h10-11H,1,4-9H2,2-3H3. The van der Waals surface area contributed by atoms with E-state index in [-0.39, 0.29) is 0 Å². The Morgan fingerprint density at radius 3 is 2.43 bits per heavy atom. The fourth-order valence-electron chi connectivity index (χ4n) is 2.19. The van der Waals surface area contributed by atoms with E-state index in [1.807, 2.05) is 0 Å². The molecule has 0 aromatic heterocycles. The van der Waals surface area contributed by atoms with E-state index in [0.29, 0.717) is 12.0 Å². The van der Waals surface area contributed by atoms with Crippen LogP contribution in [0, 0.1) is 12.8 Å². The van der Waals surface area contributed by atoms with Gasteiger partial charge in [0.2, 0.25) is 0 Å². The molecule has 0 saturated heterocycles. The molecule has 1 rings (SSSR count). The van der Waals surface area contributed by atoms with E-state index in [1.54, 1.807) is 0 Å². The third-order valence-electron chi connectivity index (χ3n) is 2.91. The van der Waals surface area contributed by atoms with Gasteiger partial charge in [-0.15, -0.1) is 0 Å². The van der Waals surface area contributed by atoms with Gasteiger partial charge in [-0.05, 0) is 25.7 Å². The van der Waals surface area contributed by atoms with Crippen molar-refractivity contribution in [3.05, 3.63) is 6.92 Å². The molecule has 14 heavy (non-hydrogen) atoms. The molecule has 0 unspecified atom stereocenters. The molecule has 0 aliphatic heterocycles. The summed E-state index contributed by atoms with van der Waals surface area (Å²) in [4.78, 5) is 3.48. The topological polar surface area (TPSA) is 3.24 Å². The number of rotatable bonds is 4. The monoisotopic (exact) mass is 212 g/mol. The van der Waals surface area contributed by atoms with Crippen LogP contribution >= 0.6 is 12.2 Å². The first-order chi connectivity index (χ1) is 6.65. The Hall–Kier alpha value is -0.110. The first-order valence-electron chi connectivity index (χ1n) is 5.74. The molecular formula is C12H22NS. The van der Waals surface area contributed by atoms with Gasteiger partial charge in [-0.3, -0.25) is 0 Å². The van der Waals surface area contributed by atoms with E-state index in [2.05, 4.69) is 25.7 Å². The van der Waals surface area contributed by atoms with Crippen molar-refractivity contribution in [1.82, 2.24) is 4.90 Å². The van der Waals surface area contributed by atoms with E-state index in [4.69, 9.17) is 12.2 Å². The molecule has 1 aliphatic carbocycles. The normalized spacial score (nSPS) is 17.7. The zero-order chi connectivity index (χ0) is 10.6. The maximum Gasteiger partial charge on any atom is 0.0784 e. The summed E-state index contributed by atoms with van der Waals surface area (Å²) < 4.78 is 0. The summed E-state index contributed by atoms with van der Waals surface area (Å²) in [6, 6.07) is 0.693. The molecule has 0 aromatic carbocycles. The Labute approximate surface area is 93.9 Å². The maximum absolute atomic E-state index is 5.47. The van der Waals surface area contributed by atoms with Crippen molar-refractivity contribution in [2.45, 2.75) is 52.0 Å². The highest BCUT2D eigenvalue weighted by Crippen LogP contribution is 2.24. The quantitative estimate of drug-likeness (QED) is 0.657. The molecule has 81 valence electrons. The maximum atomic E-state index is 5.47. The average Bonchev–Trinajstić information content (AvgIpc) is 2.57. The summed E-state index contributed by atoms with van der Waals surface area (Å²) in [6.07, 6.45) is 6.40. The Bertz CT molecular complexity index is 183. The van der Waals surface area contributed by atoms with Crippen LogP contribution in [0.3, 0.4) is 0 Å². The predicted molar refractivity (Wildman–Crippen MR) is 66.4 cm³/mol. The molecule has 2 heteroatoms. The van der Waals surface area contributed by atoms with Gasteiger partial charge < -0.3 is 4.90 Å². The van der Waals surface area contributed by atoms with Crippen molar-refractivity contribution in [2.75, 3.05) is 6.54 Å². The van der Waals surface area contributed by atoms with Gasteiger partial charge in [0.15, 0.2) is 0 Å². The SMILES string of the molecule is [CH2]CN(C(=S)CC(C)C)C1CCCC1. The lowest BCUT2D eigenvalue weighted by molar-refractivity contribution is 0.337. The number of hydrogen-bond acceptors (Lipinski definition) is 1. The van der Waals surface area contributed by atoms with Gasteiger partial charge >= 0.3 is 0 Å². The van der Waals surface area contributed by atoms with Crippen molar-refractivity contribution < 1.29 is 0 Å². The Morgan fingerprint density at radius 2 is 2.00 bits per heavy atom. The van der Waals surface area contributed by atoms with E-state index >= 15 is 0 Å². The van der Waals surface area contributed by atoms with E-state index in [1.165, 1.54) is 25.7 Å². The molecular weight excluding hydrogens is 190 g/mol. The Morgan fingerprint density at radius 1 is 1.43 bits per heavy atom. The molecule has 0 N–H and O–H groups in total. The summed E-state index contributed by atoms with van der Waals surface area (Å²) in [7, 11) is 0. The van der Waals surface area contributed by atoms with Crippen molar-refractivity contribution in [3.63, 3.8) is 0 Å². The molecule has 0 spiro atoms. The smallest absolute Gasteiger partial charge is 0.0784 e. The molecule has 1 saturated carbocycles. The van der Waals surface area contributed by atoms with Crippen LogP contribution in [0.1, 0.15) is 46.0 Å². The third kappa shape index (κ3) is 3.23. The first kappa shape index (κ1) is 12.0. The van der Waals surface area contributed by atoms with Crippen molar-refractivity contribution >= 4 is 17.2 Å². The lowest BCUT2D eigenvalue weighted by Gasteiger charge is -2.31. The summed E-state index contributed by atoms with van der Waals surface area (Å²) in [5.74, 6) is 0.665. The van der Waals surface area contributed by atoms with Crippen LogP contribution in [0.4, 0.5) is 0 Å². The van der Waals surface area contributed by atoms with Crippen LogP contribution in [0.2, 0.25) is 0 Å². The second-order valence-corrected chi connectivity index (χ2v) is 5.09. The van der Waals surface area contributed by atoms with E-state index in [0.717, 1.165) is 18.0 Å². The Balaban J connectivity index is 2.47. The highest BCUT2D eigenvalue weighted by Gasteiger charge is 2.23. The van der Waals surface area contributed by atoms with Crippen LogP contribution < -0.4 is 0 Å². The van der Waals surface area contributed by atoms with Crippen molar-refractivity contribution in [1.29, 1.82) is 0 Å². The number of nitrogens with zero attached hydrogens (tertiary/aromatic N) is 1. The first-order valence-corrected chi connectivity index (χ1v) is 6.14. The lowest BCUT2D eigenvalue weighted by Crippen LogP contribution is -2.38. The van der Waals surface area contributed by atoms with Crippen molar-refractivity contribution in [3.8, 4) is 0 Å². The zero-order valence-electron chi connectivity index (χ0n) is 9.46. The van der Waals surface area contributed by atoms with E-state index in [9.17, 15) is 0 Å². The van der Waals surface area contributed by atoms with Crippen LogP contribution in [-0.4, -0.2) is 22.5 Å². The highest BCUT2D eigenvalue weighted by atomic mass is 32.1. The second kappa shape index (κ2) is 5.69. The number of hydrogen-bond donors (Lipinski definition) is 0. The summed E-state index contributed by atoms with van der Waals surface area (Å²) in [5, 5.41) is 0. The molecule has 0 bridgehead atoms. The molecule has 1 aliphatic rings. The van der Waals surface area contributed by atoms with Gasteiger partial charge in [0.1, 0.15) is 0 Å². The average molecular weight is 212 g/mol. The van der Waals surface area contributed by atoms with Gasteiger partial charge in [-0.2, -0.15) is 0 Å². The molecule has 1 fully saturated rings. The minimum atomic E-state index is 0.665. The molecule has 1 nitrogen and oxygen atoms in total. The van der Waals surface area contributed by atoms with Crippen LogP contribution in [0.25, 0.3) is 0 Å². The summed E-state index contributed by atoms with van der Waals surface area (Å²) >= 11 is 5.47. The van der Waals surface area contributed by atoms with Gasteiger partial charge in [0.05, 0.1) is 4.99 Å². The minimum absolute atomic E-state index is 0.665. The summed E-state index contributed by atoms with van der Waals surface area (Å²) in [6.45, 7) is 9.29. The third-order valence-corrected chi connectivity index (χ3v) is 3.31. The zero-order valence-corrected chi connectivity index (χ0v) is 10.3. The van der Waals surface area contributed by atoms with Crippen LogP contribution in [-0.2, 0) is 0 Å². The molecule has 0 aromatic rings. The molecule has 0 amide bonds. The molecule has 0 atom stereocenters. The van der Waals surface area contributed by atoms with Crippen LogP contribution in [0.5, 0.6) is 0 Å². The molecule has 0 heterocycles. The van der Waals surface area contributed by atoms with Crippen molar-refractivity contribution in [2.24, 2.45) is 5.92 Å². The van der Waals surface area contributed by atoms with Gasteiger partial charge in [0, 0.05) is 19.0 Å². The van der Waals surface area contributed by atoms with Gasteiger partial charge in [0.25, 0.3) is 0 Å². The predicted octanol–water partition coefficient (Wildman–Crippen LogP) is 3.44. The lowest BCUT2D eigenvalue weighted by atomic mass is 10.1. The van der Waals surface area contributed by atoms with Crippen LogP contribution in [0.15, 0.2) is 0 Å². The Kier molecular flexibility index (Phi) is 4.86. The fourth-order valence-corrected chi connectivity index (χ4v) is 2.77. The fraction of sp³-hybridized carbons (Fsp3) is 0.833. The largest absolute Gasteiger partial charge is 0.363 e. The number of thiocarbonyl (C=S) groups is 1. The van der Waals surface area contributed by atoms with Gasteiger partial charge in [-0.25, -0.2) is 0 Å². The second-order valence-electron chi connectivity index (χ2n) is 4.62. The van der Waals surface area contributed by atoms with E-state index < -0.39 is 0 Å². The van der Waals surface area contributed by atoms with Gasteiger partial charge in [-0.1, -0.05) is 38.9 Å². The highest BCUT2D eigenvalue weighted by molar-refractivity contribution is 7.80.